The standard InChI is InChI=1S/C21H24F3N5O/c1-13-10-19(29-8-6-14(7-9-29)21(22,23)24)25-12-16(13)26-15-4-5-17-18(11-15)28(3)20(30)27(17)2/h4-5,10-12,14,26H,6-9H2,1-3H3. The van der Waals surface area contributed by atoms with Crippen molar-refractivity contribution in [1.29, 1.82) is 0 Å². The number of alkyl halides is 3. The van der Waals surface area contributed by atoms with Crippen LogP contribution in [0.5, 0.6) is 0 Å². The summed E-state index contributed by atoms with van der Waals surface area (Å²) in [6.45, 7) is 2.64. The fourth-order valence-corrected chi connectivity index (χ4v) is 4.02. The number of hydrogen-bond acceptors (Lipinski definition) is 4. The highest BCUT2D eigenvalue weighted by Crippen LogP contribution is 2.35. The van der Waals surface area contributed by atoms with Crippen LogP contribution in [0.4, 0.5) is 30.4 Å². The Morgan fingerprint density at radius 1 is 1.07 bits per heavy atom. The van der Waals surface area contributed by atoms with E-state index in [4.69, 9.17) is 0 Å². The fraction of sp³-hybridized carbons (Fsp3) is 0.429. The molecule has 0 amide bonds. The van der Waals surface area contributed by atoms with E-state index < -0.39 is 12.1 Å². The minimum Gasteiger partial charge on any atom is -0.357 e. The number of aryl methyl sites for hydroxylation is 3. The van der Waals surface area contributed by atoms with Crippen molar-refractivity contribution in [1.82, 2.24) is 14.1 Å². The van der Waals surface area contributed by atoms with Crippen LogP contribution >= 0.6 is 0 Å². The van der Waals surface area contributed by atoms with Crippen molar-refractivity contribution in [3.8, 4) is 0 Å². The molecule has 160 valence electrons. The highest BCUT2D eigenvalue weighted by Gasteiger charge is 2.41. The average molecular weight is 419 g/mol. The number of hydrogen-bond donors (Lipinski definition) is 1. The van der Waals surface area contributed by atoms with E-state index in [0.717, 1.165) is 28.0 Å². The molecule has 1 aliphatic heterocycles. The number of fused-ring (bicyclic) bond motifs is 1. The van der Waals surface area contributed by atoms with Crippen molar-refractivity contribution < 1.29 is 13.2 Å². The molecule has 9 heteroatoms. The quantitative estimate of drug-likeness (QED) is 0.695. The Morgan fingerprint density at radius 2 is 1.73 bits per heavy atom. The Morgan fingerprint density at radius 3 is 2.37 bits per heavy atom. The van der Waals surface area contributed by atoms with Crippen LogP contribution in [-0.2, 0) is 14.1 Å². The summed E-state index contributed by atoms with van der Waals surface area (Å²) in [5, 5.41) is 3.32. The van der Waals surface area contributed by atoms with Gasteiger partial charge in [-0.3, -0.25) is 9.13 Å². The van der Waals surface area contributed by atoms with Gasteiger partial charge < -0.3 is 10.2 Å². The van der Waals surface area contributed by atoms with Crippen LogP contribution in [0.3, 0.4) is 0 Å². The summed E-state index contributed by atoms with van der Waals surface area (Å²) < 4.78 is 41.8. The van der Waals surface area contributed by atoms with E-state index in [1.165, 1.54) is 0 Å². The van der Waals surface area contributed by atoms with Gasteiger partial charge in [0.1, 0.15) is 5.82 Å². The van der Waals surface area contributed by atoms with Gasteiger partial charge in [0.2, 0.25) is 0 Å². The number of benzene rings is 1. The number of nitrogens with zero attached hydrogens (tertiary/aromatic N) is 4. The van der Waals surface area contributed by atoms with Crippen molar-refractivity contribution in [2.45, 2.75) is 25.9 Å². The van der Waals surface area contributed by atoms with E-state index in [9.17, 15) is 18.0 Å². The van der Waals surface area contributed by atoms with Gasteiger partial charge in [-0.05, 0) is 49.6 Å². The largest absolute Gasteiger partial charge is 0.391 e. The molecule has 1 fully saturated rings. The average Bonchev–Trinajstić information content (AvgIpc) is 2.93. The maximum atomic E-state index is 12.9. The maximum Gasteiger partial charge on any atom is 0.391 e. The van der Waals surface area contributed by atoms with E-state index in [0.29, 0.717) is 18.9 Å². The van der Waals surface area contributed by atoms with Gasteiger partial charge in [0, 0.05) is 32.9 Å². The highest BCUT2D eigenvalue weighted by molar-refractivity contribution is 5.81. The number of rotatable bonds is 3. The summed E-state index contributed by atoms with van der Waals surface area (Å²) in [7, 11) is 3.47. The molecule has 0 spiro atoms. The highest BCUT2D eigenvalue weighted by atomic mass is 19.4. The molecule has 1 aromatic carbocycles. The molecule has 0 bridgehead atoms. The van der Waals surface area contributed by atoms with Crippen molar-refractivity contribution in [2.75, 3.05) is 23.3 Å². The summed E-state index contributed by atoms with van der Waals surface area (Å²) in [5.74, 6) is -0.528. The van der Waals surface area contributed by atoms with Gasteiger partial charge in [-0.25, -0.2) is 9.78 Å². The van der Waals surface area contributed by atoms with Crippen molar-refractivity contribution in [3.05, 3.63) is 46.5 Å². The van der Waals surface area contributed by atoms with Gasteiger partial charge in [0.25, 0.3) is 0 Å². The number of aromatic nitrogens is 3. The summed E-state index contributed by atoms with van der Waals surface area (Å²) in [6, 6.07) is 7.59. The Kier molecular flexibility index (Phi) is 4.99. The number of nitrogens with one attached hydrogen (secondary N) is 1. The molecular weight excluding hydrogens is 395 g/mol. The topological polar surface area (TPSA) is 55.1 Å². The summed E-state index contributed by atoms with van der Waals surface area (Å²) in [5.41, 5.74) is 4.16. The zero-order valence-electron chi connectivity index (χ0n) is 17.1. The third-order valence-electron chi connectivity index (χ3n) is 5.93. The molecule has 6 nitrogen and oxygen atoms in total. The number of halogens is 3. The normalized spacial score (nSPS) is 15.7. The minimum absolute atomic E-state index is 0.0846. The lowest BCUT2D eigenvalue weighted by Crippen LogP contribution is -2.39. The molecule has 30 heavy (non-hydrogen) atoms. The van der Waals surface area contributed by atoms with Crippen LogP contribution in [0.25, 0.3) is 11.0 Å². The lowest BCUT2D eigenvalue weighted by Gasteiger charge is -2.33. The molecular formula is C21H24F3N5O. The number of anilines is 3. The van der Waals surface area contributed by atoms with E-state index >= 15 is 0 Å². The van der Waals surface area contributed by atoms with Gasteiger partial charge in [0.05, 0.1) is 28.8 Å². The van der Waals surface area contributed by atoms with E-state index in [1.54, 1.807) is 29.4 Å². The summed E-state index contributed by atoms with van der Waals surface area (Å²) in [6.07, 6.45) is -2.22. The third kappa shape index (κ3) is 3.64. The van der Waals surface area contributed by atoms with Crippen LogP contribution in [0, 0.1) is 12.8 Å². The molecule has 0 atom stereocenters. The van der Waals surface area contributed by atoms with Gasteiger partial charge in [0.15, 0.2) is 0 Å². The van der Waals surface area contributed by atoms with Crippen LogP contribution in [-0.4, -0.2) is 33.4 Å². The third-order valence-corrected chi connectivity index (χ3v) is 5.93. The molecule has 3 aromatic rings. The van der Waals surface area contributed by atoms with Gasteiger partial charge in [-0.2, -0.15) is 13.2 Å². The maximum absolute atomic E-state index is 12.9. The molecule has 1 N–H and O–H groups in total. The van der Waals surface area contributed by atoms with Crippen molar-refractivity contribution >= 4 is 28.2 Å². The number of piperidine rings is 1. The smallest absolute Gasteiger partial charge is 0.357 e. The molecule has 2 aromatic heterocycles. The lowest BCUT2D eigenvalue weighted by molar-refractivity contribution is -0.179. The Labute approximate surface area is 171 Å². The molecule has 1 aliphatic rings. The SMILES string of the molecule is Cc1cc(N2CCC(C(F)(F)F)CC2)ncc1Nc1ccc2c(c1)n(C)c(=O)n2C. The minimum atomic E-state index is -4.12. The second kappa shape index (κ2) is 7.37. The number of imidazole rings is 1. The first-order valence-corrected chi connectivity index (χ1v) is 9.86. The predicted octanol–water partition coefficient (Wildman–Crippen LogP) is 4.10. The number of pyridine rings is 1. The van der Waals surface area contributed by atoms with Crippen LogP contribution in [0.1, 0.15) is 18.4 Å². The Balaban J connectivity index is 1.51. The van der Waals surface area contributed by atoms with Crippen molar-refractivity contribution in [2.24, 2.45) is 20.0 Å². The first-order valence-electron chi connectivity index (χ1n) is 9.86. The lowest BCUT2D eigenvalue weighted by atomic mass is 9.96. The molecule has 0 radical (unpaired) electrons. The summed E-state index contributed by atoms with van der Waals surface area (Å²) in [4.78, 5) is 18.5. The molecule has 0 unspecified atom stereocenters. The monoisotopic (exact) mass is 419 g/mol. The van der Waals surface area contributed by atoms with E-state index in [2.05, 4.69) is 10.3 Å². The first kappa shape index (κ1) is 20.3. The Bertz CT molecular complexity index is 1140. The van der Waals surface area contributed by atoms with E-state index in [1.807, 2.05) is 36.1 Å². The van der Waals surface area contributed by atoms with E-state index in [-0.39, 0.29) is 18.5 Å². The molecule has 0 saturated carbocycles. The van der Waals surface area contributed by atoms with Crippen molar-refractivity contribution in [3.63, 3.8) is 0 Å². The van der Waals surface area contributed by atoms with Crippen LogP contribution in [0.15, 0.2) is 35.3 Å². The zero-order valence-corrected chi connectivity index (χ0v) is 17.1. The predicted molar refractivity (Wildman–Crippen MR) is 111 cm³/mol. The summed E-state index contributed by atoms with van der Waals surface area (Å²) >= 11 is 0. The molecule has 4 rings (SSSR count). The fourth-order valence-electron chi connectivity index (χ4n) is 4.02. The second-order valence-electron chi connectivity index (χ2n) is 7.89. The van der Waals surface area contributed by atoms with Gasteiger partial charge in [-0.15, -0.1) is 0 Å². The molecule has 0 aliphatic carbocycles. The van der Waals surface area contributed by atoms with Gasteiger partial charge in [-0.1, -0.05) is 0 Å². The molecule has 1 saturated heterocycles. The first-order chi connectivity index (χ1) is 14.1. The molecule has 3 heterocycles. The van der Waals surface area contributed by atoms with Crippen LogP contribution < -0.4 is 15.9 Å². The second-order valence-corrected chi connectivity index (χ2v) is 7.89. The zero-order chi connectivity index (χ0) is 21.6. The van der Waals surface area contributed by atoms with Gasteiger partial charge >= 0.3 is 11.9 Å². The Hall–Kier alpha value is -2.97. The van der Waals surface area contributed by atoms with Crippen LogP contribution in [0.2, 0.25) is 0 Å².